The van der Waals surface area contributed by atoms with Crippen molar-refractivity contribution in [3.05, 3.63) is 89.0 Å². The van der Waals surface area contributed by atoms with Gasteiger partial charge in [-0.05, 0) is 72.9 Å². The summed E-state index contributed by atoms with van der Waals surface area (Å²) in [5.41, 5.74) is 12.0. The molecule has 5 nitrogen and oxygen atoms in total. The predicted octanol–water partition coefficient (Wildman–Crippen LogP) is 5.50. The number of carbonyl (C=O) groups is 1. The van der Waals surface area contributed by atoms with E-state index >= 15 is 0 Å². The Labute approximate surface area is 189 Å². The molecule has 0 spiro atoms. The van der Waals surface area contributed by atoms with Gasteiger partial charge in [0.1, 0.15) is 12.4 Å². The number of hydrogen-bond donors (Lipinski definition) is 2. The van der Waals surface area contributed by atoms with Gasteiger partial charge in [-0.2, -0.15) is 0 Å². The Hall–Kier alpha value is -3.15. The van der Waals surface area contributed by atoms with Gasteiger partial charge in [-0.25, -0.2) is 0 Å². The van der Waals surface area contributed by atoms with E-state index in [1.807, 2.05) is 45.0 Å². The minimum atomic E-state index is -0.884. The standard InChI is InChI=1S/C27H31NO4/c1-18(2)31-16-20-11-21(17-32-26-10-5-4-7-24(26)15-27(29)30)13-25(12-20)23-9-6-8-22(14-23)19(3)28/h4-14,18-19H,15-17,28H2,1-3H3,(H,29,30). The number of carboxylic acid groups (broad SMARTS) is 1. The molecule has 0 saturated carbocycles. The minimum absolute atomic E-state index is 0.0454. The number of hydrogen-bond acceptors (Lipinski definition) is 4. The van der Waals surface area contributed by atoms with Crippen molar-refractivity contribution in [1.82, 2.24) is 0 Å². The molecule has 0 radical (unpaired) electrons. The lowest BCUT2D eigenvalue weighted by atomic mass is 9.97. The first kappa shape index (κ1) is 23.5. The Morgan fingerprint density at radius 1 is 0.906 bits per heavy atom. The van der Waals surface area contributed by atoms with Gasteiger partial charge in [-0.15, -0.1) is 0 Å². The van der Waals surface area contributed by atoms with Crippen molar-refractivity contribution in [2.75, 3.05) is 0 Å². The third kappa shape index (κ3) is 6.67. The lowest BCUT2D eigenvalue weighted by Crippen LogP contribution is -2.06. The van der Waals surface area contributed by atoms with Crippen molar-refractivity contribution in [1.29, 1.82) is 0 Å². The normalized spacial score (nSPS) is 12.0. The maximum atomic E-state index is 11.2. The number of benzene rings is 3. The first-order valence-electron chi connectivity index (χ1n) is 10.8. The number of ether oxygens (including phenoxy) is 2. The van der Waals surface area contributed by atoms with Gasteiger partial charge in [0.25, 0.3) is 0 Å². The van der Waals surface area contributed by atoms with Gasteiger partial charge in [0, 0.05) is 11.6 Å². The van der Waals surface area contributed by atoms with Crippen LogP contribution >= 0.6 is 0 Å². The molecule has 168 valence electrons. The summed E-state index contributed by atoms with van der Waals surface area (Å²) < 4.78 is 11.9. The van der Waals surface area contributed by atoms with Gasteiger partial charge in [0.15, 0.2) is 0 Å². The van der Waals surface area contributed by atoms with Crippen LogP contribution in [0.3, 0.4) is 0 Å². The van der Waals surface area contributed by atoms with E-state index in [0.29, 0.717) is 24.5 Å². The highest BCUT2D eigenvalue weighted by Gasteiger charge is 2.10. The van der Waals surface area contributed by atoms with Crippen LogP contribution in [0.1, 0.15) is 49.1 Å². The van der Waals surface area contributed by atoms with E-state index in [0.717, 1.165) is 27.8 Å². The van der Waals surface area contributed by atoms with Gasteiger partial charge in [-0.1, -0.05) is 42.5 Å². The molecule has 0 aliphatic rings. The van der Waals surface area contributed by atoms with E-state index in [-0.39, 0.29) is 18.6 Å². The van der Waals surface area contributed by atoms with Gasteiger partial charge in [0.2, 0.25) is 0 Å². The highest BCUT2D eigenvalue weighted by molar-refractivity contribution is 5.71. The second-order valence-corrected chi connectivity index (χ2v) is 8.28. The zero-order valence-electron chi connectivity index (χ0n) is 18.9. The molecule has 0 heterocycles. The van der Waals surface area contributed by atoms with Gasteiger partial charge < -0.3 is 20.3 Å². The number of para-hydroxylation sites is 1. The van der Waals surface area contributed by atoms with Crippen LogP contribution in [0.25, 0.3) is 11.1 Å². The van der Waals surface area contributed by atoms with Crippen molar-refractivity contribution >= 4 is 5.97 Å². The lowest BCUT2D eigenvalue weighted by Gasteiger charge is -2.15. The van der Waals surface area contributed by atoms with Gasteiger partial charge >= 0.3 is 5.97 Å². The summed E-state index contributed by atoms with van der Waals surface area (Å²) in [6.45, 7) is 6.83. The molecule has 3 aromatic carbocycles. The Kier molecular flexibility index (Phi) is 8.03. The fourth-order valence-corrected chi connectivity index (χ4v) is 3.47. The molecule has 0 amide bonds. The van der Waals surface area contributed by atoms with E-state index in [4.69, 9.17) is 20.3 Å². The molecule has 5 heteroatoms. The molecule has 0 fully saturated rings. The molecular weight excluding hydrogens is 402 g/mol. The molecule has 0 saturated heterocycles. The van der Waals surface area contributed by atoms with Crippen LogP contribution in [0.2, 0.25) is 0 Å². The first-order valence-corrected chi connectivity index (χ1v) is 10.8. The molecule has 0 bridgehead atoms. The summed E-state index contributed by atoms with van der Waals surface area (Å²) in [6.07, 6.45) is 0.0518. The summed E-state index contributed by atoms with van der Waals surface area (Å²) in [7, 11) is 0. The van der Waals surface area contributed by atoms with Crippen molar-refractivity contribution in [2.45, 2.75) is 52.6 Å². The molecule has 0 aliphatic heterocycles. The molecule has 32 heavy (non-hydrogen) atoms. The smallest absolute Gasteiger partial charge is 0.307 e. The van der Waals surface area contributed by atoms with E-state index in [1.54, 1.807) is 12.1 Å². The second-order valence-electron chi connectivity index (χ2n) is 8.28. The first-order chi connectivity index (χ1) is 15.3. The fourth-order valence-electron chi connectivity index (χ4n) is 3.47. The minimum Gasteiger partial charge on any atom is -0.489 e. The number of nitrogens with two attached hydrogens (primary N) is 1. The van der Waals surface area contributed by atoms with Gasteiger partial charge in [0.05, 0.1) is 19.1 Å². The van der Waals surface area contributed by atoms with Crippen LogP contribution in [-0.4, -0.2) is 17.2 Å². The van der Waals surface area contributed by atoms with Gasteiger partial charge in [-0.3, -0.25) is 4.79 Å². The summed E-state index contributed by atoms with van der Waals surface area (Å²) in [6, 6.07) is 21.7. The summed E-state index contributed by atoms with van der Waals surface area (Å²) >= 11 is 0. The number of rotatable bonds is 10. The third-order valence-corrected chi connectivity index (χ3v) is 5.09. The van der Waals surface area contributed by atoms with E-state index in [1.165, 1.54) is 0 Å². The molecule has 3 aromatic rings. The van der Waals surface area contributed by atoms with Crippen molar-refractivity contribution in [2.24, 2.45) is 5.73 Å². The van der Waals surface area contributed by atoms with Crippen LogP contribution in [0.15, 0.2) is 66.7 Å². The summed E-state index contributed by atoms with van der Waals surface area (Å²) in [5, 5.41) is 9.16. The van der Waals surface area contributed by atoms with Crippen LogP contribution in [0, 0.1) is 0 Å². The average Bonchev–Trinajstić information content (AvgIpc) is 2.76. The topological polar surface area (TPSA) is 81.8 Å². The van der Waals surface area contributed by atoms with E-state index in [2.05, 4.69) is 30.3 Å². The maximum Gasteiger partial charge on any atom is 0.307 e. The maximum absolute atomic E-state index is 11.2. The Bertz CT molecular complexity index is 1060. The van der Waals surface area contributed by atoms with E-state index in [9.17, 15) is 4.79 Å². The third-order valence-electron chi connectivity index (χ3n) is 5.09. The van der Waals surface area contributed by atoms with Crippen LogP contribution in [-0.2, 0) is 29.2 Å². The monoisotopic (exact) mass is 433 g/mol. The van der Waals surface area contributed by atoms with Crippen LogP contribution < -0.4 is 10.5 Å². The zero-order valence-corrected chi connectivity index (χ0v) is 18.9. The Morgan fingerprint density at radius 2 is 1.62 bits per heavy atom. The highest BCUT2D eigenvalue weighted by Crippen LogP contribution is 2.27. The van der Waals surface area contributed by atoms with Crippen LogP contribution in [0.4, 0.5) is 0 Å². The molecule has 1 unspecified atom stereocenters. The molecule has 3 N–H and O–H groups in total. The number of aliphatic carboxylic acids is 1. The fraction of sp³-hybridized carbons (Fsp3) is 0.296. The highest BCUT2D eigenvalue weighted by atomic mass is 16.5. The number of carboxylic acids is 1. The quantitative estimate of drug-likeness (QED) is 0.441. The second kappa shape index (κ2) is 10.9. The molecule has 1 atom stereocenters. The molecule has 3 rings (SSSR count). The molecular formula is C27H31NO4. The lowest BCUT2D eigenvalue weighted by molar-refractivity contribution is -0.136. The Balaban J connectivity index is 1.90. The summed E-state index contributed by atoms with van der Waals surface area (Å²) in [4.78, 5) is 11.2. The van der Waals surface area contributed by atoms with Crippen LogP contribution in [0.5, 0.6) is 5.75 Å². The van der Waals surface area contributed by atoms with Crippen molar-refractivity contribution in [3.63, 3.8) is 0 Å². The molecule has 0 aliphatic carbocycles. The van der Waals surface area contributed by atoms with Crippen molar-refractivity contribution < 1.29 is 19.4 Å². The summed E-state index contributed by atoms with van der Waals surface area (Å²) in [5.74, 6) is -0.301. The SMILES string of the molecule is CC(C)OCc1cc(COc2ccccc2CC(=O)O)cc(-c2cccc(C(C)N)c2)c1. The van der Waals surface area contributed by atoms with Crippen molar-refractivity contribution in [3.8, 4) is 16.9 Å². The molecule has 0 aromatic heterocycles. The Morgan fingerprint density at radius 3 is 2.31 bits per heavy atom. The largest absolute Gasteiger partial charge is 0.489 e. The predicted molar refractivity (Wildman–Crippen MR) is 127 cm³/mol. The zero-order chi connectivity index (χ0) is 23.1. The average molecular weight is 434 g/mol. The van der Waals surface area contributed by atoms with E-state index < -0.39 is 5.97 Å².